The molecule has 0 unspecified atom stereocenters. The van der Waals surface area contributed by atoms with Crippen molar-refractivity contribution >= 4 is 5.91 Å². The molecule has 0 bridgehead atoms. The fraction of sp³-hybridized carbons (Fsp3) is 0.438. The first kappa shape index (κ1) is 13.8. The van der Waals surface area contributed by atoms with Crippen molar-refractivity contribution in [1.82, 2.24) is 19.9 Å². The van der Waals surface area contributed by atoms with Gasteiger partial charge in [0.1, 0.15) is 0 Å². The Morgan fingerprint density at radius 2 is 2.05 bits per heavy atom. The molecule has 0 spiro atoms. The van der Waals surface area contributed by atoms with E-state index in [1.165, 1.54) is 4.80 Å². The quantitative estimate of drug-likeness (QED) is 0.847. The van der Waals surface area contributed by atoms with Crippen LogP contribution in [0.5, 0.6) is 0 Å². The number of aromatic nitrogens is 3. The Balaban J connectivity index is 1.80. The monoisotopic (exact) mass is 284 g/mol. The fourth-order valence-electron chi connectivity index (χ4n) is 2.37. The summed E-state index contributed by atoms with van der Waals surface area (Å²) in [6.07, 6.45) is 3.77. The second-order valence-corrected chi connectivity index (χ2v) is 5.94. The van der Waals surface area contributed by atoms with Gasteiger partial charge in [0.15, 0.2) is 5.69 Å². The third-order valence-electron chi connectivity index (χ3n) is 3.51. The van der Waals surface area contributed by atoms with E-state index in [1.54, 1.807) is 6.20 Å². The highest BCUT2D eigenvalue weighted by Gasteiger charge is 2.34. The molecule has 1 fully saturated rings. The Morgan fingerprint density at radius 1 is 1.33 bits per heavy atom. The highest BCUT2D eigenvalue weighted by molar-refractivity contribution is 5.92. The number of para-hydroxylation sites is 1. The zero-order valence-electron chi connectivity index (χ0n) is 12.4. The van der Waals surface area contributed by atoms with Crippen LogP contribution in [0.15, 0.2) is 36.5 Å². The zero-order chi connectivity index (χ0) is 14.8. The topological polar surface area (TPSA) is 51.0 Å². The molecule has 5 nitrogen and oxygen atoms in total. The van der Waals surface area contributed by atoms with Gasteiger partial charge in [-0.05, 0) is 30.9 Å². The van der Waals surface area contributed by atoms with Crippen molar-refractivity contribution in [2.24, 2.45) is 5.92 Å². The fourth-order valence-corrected chi connectivity index (χ4v) is 2.37. The summed E-state index contributed by atoms with van der Waals surface area (Å²) in [5, 5.41) is 8.54. The zero-order valence-corrected chi connectivity index (χ0v) is 12.4. The lowest BCUT2D eigenvalue weighted by molar-refractivity contribution is 0.0716. The van der Waals surface area contributed by atoms with Gasteiger partial charge in [0.2, 0.25) is 0 Å². The highest BCUT2D eigenvalue weighted by Crippen LogP contribution is 2.28. The van der Waals surface area contributed by atoms with Crippen molar-refractivity contribution in [3.05, 3.63) is 42.2 Å². The van der Waals surface area contributed by atoms with Crippen LogP contribution >= 0.6 is 0 Å². The van der Waals surface area contributed by atoms with Gasteiger partial charge in [0, 0.05) is 12.6 Å². The Kier molecular flexibility index (Phi) is 3.73. The van der Waals surface area contributed by atoms with E-state index >= 15 is 0 Å². The van der Waals surface area contributed by atoms with Gasteiger partial charge in [0.05, 0.1) is 11.9 Å². The molecule has 0 radical (unpaired) electrons. The van der Waals surface area contributed by atoms with E-state index in [0.29, 0.717) is 17.7 Å². The summed E-state index contributed by atoms with van der Waals surface area (Å²) < 4.78 is 0. The van der Waals surface area contributed by atoms with Crippen molar-refractivity contribution in [2.75, 3.05) is 6.54 Å². The maximum atomic E-state index is 12.6. The minimum atomic E-state index is -0.00613. The second kappa shape index (κ2) is 5.68. The molecule has 1 aliphatic rings. The number of benzene rings is 1. The molecule has 21 heavy (non-hydrogen) atoms. The number of carbonyl (C=O) groups is 1. The maximum Gasteiger partial charge on any atom is 0.276 e. The van der Waals surface area contributed by atoms with E-state index < -0.39 is 0 Å². The molecule has 110 valence electrons. The molecule has 5 heteroatoms. The molecule has 1 amide bonds. The molecule has 2 aromatic rings. The molecule has 1 saturated carbocycles. The van der Waals surface area contributed by atoms with Crippen molar-refractivity contribution in [2.45, 2.75) is 32.7 Å². The van der Waals surface area contributed by atoms with Crippen LogP contribution in [0.3, 0.4) is 0 Å². The molecule has 1 aromatic carbocycles. The van der Waals surface area contributed by atoms with E-state index in [2.05, 4.69) is 24.0 Å². The van der Waals surface area contributed by atoms with E-state index in [9.17, 15) is 4.79 Å². The summed E-state index contributed by atoms with van der Waals surface area (Å²) in [6.45, 7) is 5.04. The third-order valence-corrected chi connectivity index (χ3v) is 3.51. The van der Waals surface area contributed by atoms with Crippen LogP contribution in [0.2, 0.25) is 0 Å². The largest absolute Gasteiger partial charge is 0.334 e. The maximum absolute atomic E-state index is 12.6. The van der Waals surface area contributed by atoms with E-state index in [-0.39, 0.29) is 5.91 Å². The van der Waals surface area contributed by atoms with Gasteiger partial charge in [-0.25, -0.2) is 0 Å². The Hall–Kier alpha value is -2.17. The lowest BCUT2D eigenvalue weighted by Crippen LogP contribution is -2.36. The smallest absolute Gasteiger partial charge is 0.276 e. The van der Waals surface area contributed by atoms with Gasteiger partial charge in [-0.2, -0.15) is 9.90 Å². The summed E-state index contributed by atoms with van der Waals surface area (Å²) >= 11 is 0. The Morgan fingerprint density at radius 3 is 2.67 bits per heavy atom. The second-order valence-electron chi connectivity index (χ2n) is 5.94. The van der Waals surface area contributed by atoms with Crippen LogP contribution in [0.1, 0.15) is 37.2 Å². The summed E-state index contributed by atoms with van der Waals surface area (Å²) in [6, 6.07) is 10.0. The first-order valence-electron chi connectivity index (χ1n) is 7.44. The summed E-state index contributed by atoms with van der Waals surface area (Å²) in [5.74, 6) is 0.451. The minimum Gasteiger partial charge on any atom is -0.334 e. The minimum absolute atomic E-state index is 0.00613. The predicted molar refractivity (Wildman–Crippen MR) is 80.3 cm³/mol. The molecule has 0 saturated heterocycles. The Bertz CT molecular complexity index is 616. The molecular formula is C16H20N4O. The molecule has 1 aromatic heterocycles. The first-order chi connectivity index (χ1) is 10.1. The van der Waals surface area contributed by atoms with Gasteiger partial charge in [-0.15, -0.1) is 5.10 Å². The van der Waals surface area contributed by atoms with Gasteiger partial charge >= 0.3 is 0 Å². The van der Waals surface area contributed by atoms with Gasteiger partial charge in [-0.3, -0.25) is 4.79 Å². The van der Waals surface area contributed by atoms with Crippen molar-refractivity contribution in [1.29, 1.82) is 0 Å². The summed E-state index contributed by atoms with van der Waals surface area (Å²) in [4.78, 5) is 16.1. The molecular weight excluding hydrogens is 264 g/mol. The van der Waals surface area contributed by atoms with Crippen molar-refractivity contribution < 1.29 is 4.79 Å². The average Bonchev–Trinajstić information content (AvgIpc) is 3.21. The van der Waals surface area contributed by atoms with Crippen molar-refractivity contribution in [3.8, 4) is 5.69 Å². The number of rotatable bonds is 5. The molecule has 0 aliphatic heterocycles. The Labute approximate surface area is 124 Å². The summed E-state index contributed by atoms with van der Waals surface area (Å²) in [7, 11) is 0. The SMILES string of the molecule is CC(C)CN(C(=O)c1cnn(-c2ccccc2)n1)C1CC1. The number of hydrogen-bond donors (Lipinski definition) is 0. The number of nitrogens with zero attached hydrogens (tertiary/aromatic N) is 4. The molecule has 1 heterocycles. The number of hydrogen-bond acceptors (Lipinski definition) is 3. The van der Waals surface area contributed by atoms with Crippen LogP contribution < -0.4 is 0 Å². The highest BCUT2D eigenvalue weighted by atomic mass is 16.2. The van der Waals surface area contributed by atoms with E-state index in [0.717, 1.165) is 25.1 Å². The van der Waals surface area contributed by atoms with Gasteiger partial charge < -0.3 is 4.90 Å². The molecule has 1 aliphatic carbocycles. The van der Waals surface area contributed by atoms with Crippen LogP contribution in [-0.2, 0) is 0 Å². The number of amides is 1. The van der Waals surface area contributed by atoms with Crippen LogP contribution in [0.25, 0.3) is 5.69 Å². The van der Waals surface area contributed by atoms with Crippen LogP contribution in [-0.4, -0.2) is 38.4 Å². The number of carbonyl (C=O) groups excluding carboxylic acids is 1. The normalized spacial score (nSPS) is 14.4. The third kappa shape index (κ3) is 3.12. The first-order valence-corrected chi connectivity index (χ1v) is 7.44. The van der Waals surface area contributed by atoms with Crippen LogP contribution in [0.4, 0.5) is 0 Å². The summed E-state index contributed by atoms with van der Waals surface area (Å²) in [5.41, 5.74) is 1.28. The van der Waals surface area contributed by atoms with Gasteiger partial charge in [0.25, 0.3) is 5.91 Å². The lowest BCUT2D eigenvalue weighted by atomic mass is 10.2. The molecule has 3 rings (SSSR count). The molecule has 0 N–H and O–H groups in total. The van der Waals surface area contributed by atoms with Crippen LogP contribution in [0, 0.1) is 5.92 Å². The van der Waals surface area contributed by atoms with E-state index in [1.807, 2.05) is 35.2 Å². The predicted octanol–water partition coefficient (Wildman–Crippen LogP) is 2.53. The van der Waals surface area contributed by atoms with Crippen molar-refractivity contribution in [3.63, 3.8) is 0 Å². The average molecular weight is 284 g/mol. The molecule has 0 atom stereocenters. The lowest BCUT2D eigenvalue weighted by Gasteiger charge is -2.23. The van der Waals surface area contributed by atoms with E-state index in [4.69, 9.17) is 0 Å². The standard InChI is InChI=1S/C16H20N4O/c1-12(2)11-19(13-8-9-13)16(21)15-10-17-20(18-15)14-6-4-3-5-7-14/h3-7,10,12-13H,8-9,11H2,1-2H3. The van der Waals surface area contributed by atoms with Gasteiger partial charge in [-0.1, -0.05) is 32.0 Å².